The Bertz CT molecular complexity index is 867. The number of amides is 1. The summed E-state index contributed by atoms with van der Waals surface area (Å²) in [6.45, 7) is 0.907. The number of benzene rings is 2. The summed E-state index contributed by atoms with van der Waals surface area (Å²) in [5.74, 6) is 0.642. The molecule has 1 N–H and O–H groups in total. The van der Waals surface area contributed by atoms with Crippen LogP contribution in [0, 0.1) is 0 Å². The van der Waals surface area contributed by atoms with Crippen molar-refractivity contribution in [2.75, 3.05) is 6.61 Å². The molecule has 3 rings (SSSR count). The standard InChI is InChI=1S/C21H21ClN2O2S/c22-18-9-4-5-10-19(18)26-12-6-11-20(25)23-14-17-15-27-21(24-17)13-16-7-2-1-3-8-16/h1-5,7-10,15H,6,11-14H2,(H,23,25). The predicted molar refractivity (Wildman–Crippen MR) is 109 cm³/mol. The normalized spacial score (nSPS) is 10.6. The summed E-state index contributed by atoms with van der Waals surface area (Å²) >= 11 is 7.65. The molecule has 0 saturated heterocycles. The monoisotopic (exact) mass is 400 g/mol. The van der Waals surface area contributed by atoms with E-state index in [0.717, 1.165) is 17.1 Å². The average molecular weight is 401 g/mol. The van der Waals surface area contributed by atoms with E-state index in [1.165, 1.54) is 5.56 Å². The van der Waals surface area contributed by atoms with E-state index in [4.69, 9.17) is 16.3 Å². The van der Waals surface area contributed by atoms with E-state index in [-0.39, 0.29) is 5.91 Å². The molecule has 0 fully saturated rings. The molecule has 1 amide bonds. The average Bonchev–Trinajstić information content (AvgIpc) is 3.13. The lowest BCUT2D eigenvalue weighted by atomic mass is 10.2. The van der Waals surface area contributed by atoms with Gasteiger partial charge in [-0.1, -0.05) is 54.1 Å². The molecule has 27 heavy (non-hydrogen) atoms. The van der Waals surface area contributed by atoms with Crippen LogP contribution >= 0.6 is 22.9 Å². The summed E-state index contributed by atoms with van der Waals surface area (Å²) in [6.07, 6.45) is 1.86. The van der Waals surface area contributed by atoms with Crippen molar-refractivity contribution < 1.29 is 9.53 Å². The minimum atomic E-state index is -0.00429. The van der Waals surface area contributed by atoms with Crippen LogP contribution in [0.2, 0.25) is 5.02 Å². The molecule has 0 unspecified atom stereocenters. The third-order valence-electron chi connectivity index (χ3n) is 3.91. The maximum Gasteiger partial charge on any atom is 0.220 e. The molecule has 0 saturated carbocycles. The summed E-state index contributed by atoms with van der Waals surface area (Å²) in [6, 6.07) is 17.6. The molecular formula is C21H21ClN2O2S. The van der Waals surface area contributed by atoms with Crippen molar-refractivity contribution in [3.8, 4) is 5.75 Å². The van der Waals surface area contributed by atoms with Gasteiger partial charge < -0.3 is 10.1 Å². The lowest BCUT2D eigenvalue weighted by Gasteiger charge is -2.07. The lowest BCUT2D eigenvalue weighted by Crippen LogP contribution is -2.23. The third-order valence-corrected chi connectivity index (χ3v) is 5.12. The van der Waals surface area contributed by atoms with E-state index in [9.17, 15) is 4.79 Å². The summed E-state index contributed by atoms with van der Waals surface area (Å²) < 4.78 is 5.59. The van der Waals surface area contributed by atoms with Crippen molar-refractivity contribution in [3.63, 3.8) is 0 Å². The number of carbonyl (C=O) groups excluding carboxylic acids is 1. The van der Waals surface area contributed by atoms with Gasteiger partial charge in [-0.2, -0.15) is 0 Å². The second-order valence-corrected chi connectivity index (χ2v) is 7.40. The number of halogens is 1. The highest BCUT2D eigenvalue weighted by molar-refractivity contribution is 7.09. The van der Waals surface area contributed by atoms with Gasteiger partial charge in [0.15, 0.2) is 0 Å². The van der Waals surface area contributed by atoms with Gasteiger partial charge in [0.25, 0.3) is 0 Å². The number of hydrogen-bond acceptors (Lipinski definition) is 4. The Morgan fingerprint density at radius 2 is 1.89 bits per heavy atom. The molecule has 0 aliphatic rings. The Kier molecular flexibility index (Phi) is 7.25. The number of hydrogen-bond donors (Lipinski definition) is 1. The summed E-state index contributed by atoms with van der Waals surface area (Å²) in [4.78, 5) is 16.6. The van der Waals surface area contributed by atoms with Crippen LogP contribution in [0.5, 0.6) is 5.75 Å². The Morgan fingerprint density at radius 1 is 1.11 bits per heavy atom. The molecule has 3 aromatic rings. The van der Waals surface area contributed by atoms with Gasteiger partial charge in [0.05, 0.1) is 28.9 Å². The molecular weight excluding hydrogens is 380 g/mol. The molecule has 140 valence electrons. The first kappa shape index (κ1) is 19.4. The highest BCUT2D eigenvalue weighted by atomic mass is 35.5. The second-order valence-electron chi connectivity index (χ2n) is 6.05. The lowest BCUT2D eigenvalue weighted by molar-refractivity contribution is -0.121. The number of nitrogens with zero attached hydrogens (tertiary/aromatic N) is 1. The predicted octanol–water partition coefficient (Wildman–Crippen LogP) is 4.86. The number of thiazole rings is 1. The van der Waals surface area contributed by atoms with Crippen molar-refractivity contribution >= 4 is 28.8 Å². The Balaban J connectivity index is 1.35. The Morgan fingerprint density at radius 3 is 2.70 bits per heavy atom. The molecule has 0 atom stereocenters. The van der Waals surface area contributed by atoms with Crippen LogP contribution in [0.1, 0.15) is 29.1 Å². The fourth-order valence-corrected chi connectivity index (χ4v) is 3.55. The van der Waals surface area contributed by atoms with E-state index in [1.54, 1.807) is 17.4 Å². The van der Waals surface area contributed by atoms with E-state index >= 15 is 0 Å². The van der Waals surface area contributed by atoms with Crippen LogP contribution in [0.3, 0.4) is 0 Å². The van der Waals surface area contributed by atoms with Crippen LogP contribution in [0.4, 0.5) is 0 Å². The molecule has 0 spiro atoms. The summed E-state index contributed by atoms with van der Waals surface area (Å²) in [5, 5.41) is 6.54. The zero-order chi connectivity index (χ0) is 18.9. The molecule has 1 aromatic heterocycles. The van der Waals surface area contributed by atoms with Crippen LogP contribution in [-0.2, 0) is 17.8 Å². The zero-order valence-corrected chi connectivity index (χ0v) is 16.4. The largest absolute Gasteiger partial charge is 0.492 e. The maximum atomic E-state index is 12.0. The number of ether oxygens (including phenoxy) is 1. The molecule has 0 radical (unpaired) electrons. The summed E-state index contributed by atoms with van der Waals surface area (Å²) in [5.41, 5.74) is 2.13. The van der Waals surface area contributed by atoms with Gasteiger partial charge in [0.1, 0.15) is 5.75 Å². The molecule has 0 aliphatic carbocycles. The number of carbonyl (C=O) groups is 1. The quantitative estimate of drug-likeness (QED) is 0.521. The van der Waals surface area contributed by atoms with Gasteiger partial charge in [0.2, 0.25) is 5.91 Å². The van der Waals surface area contributed by atoms with Gasteiger partial charge in [-0.15, -0.1) is 11.3 Å². The molecule has 1 heterocycles. The van der Waals surface area contributed by atoms with E-state index < -0.39 is 0 Å². The van der Waals surface area contributed by atoms with Crippen molar-refractivity contribution in [2.24, 2.45) is 0 Å². The fraction of sp³-hybridized carbons (Fsp3) is 0.238. The number of para-hydroxylation sites is 1. The van der Waals surface area contributed by atoms with Gasteiger partial charge in [-0.3, -0.25) is 4.79 Å². The first-order valence-electron chi connectivity index (χ1n) is 8.82. The second kappa shape index (κ2) is 10.1. The van der Waals surface area contributed by atoms with Gasteiger partial charge in [-0.05, 0) is 24.1 Å². The van der Waals surface area contributed by atoms with E-state index in [2.05, 4.69) is 22.4 Å². The van der Waals surface area contributed by atoms with Crippen molar-refractivity contribution in [1.29, 1.82) is 0 Å². The first-order chi connectivity index (χ1) is 13.2. The van der Waals surface area contributed by atoms with Crippen LogP contribution in [-0.4, -0.2) is 17.5 Å². The third kappa shape index (κ3) is 6.38. The first-order valence-corrected chi connectivity index (χ1v) is 10.1. The van der Waals surface area contributed by atoms with Gasteiger partial charge in [-0.25, -0.2) is 4.98 Å². The maximum absolute atomic E-state index is 12.0. The molecule has 2 aromatic carbocycles. The van der Waals surface area contributed by atoms with Crippen molar-refractivity contribution in [2.45, 2.75) is 25.8 Å². The van der Waals surface area contributed by atoms with E-state index in [1.807, 2.05) is 41.8 Å². The smallest absolute Gasteiger partial charge is 0.220 e. The fourth-order valence-electron chi connectivity index (χ4n) is 2.54. The molecule has 4 nitrogen and oxygen atoms in total. The zero-order valence-electron chi connectivity index (χ0n) is 14.9. The molecule has 6 heteroatoms. The SMILES string of the molecule is O=C(CCCOc1ccccc1Cl)NCc1csc(Cc2ccccc2)n1. The van der Waals surface area contributed by atoms with Crippen molar-refractivity contribution in [1.82, 2.24) is 10.3 Å². The highest BCUT2D eigenvalue weighted by Crippen LogP contribution is 2.23. The number of nitrogens with one attached hydrogen (secondary N) is 1. The molecule has 0 bridgehead atoms. The van der Waals surface area contributed by atoms with Crippen LogP contribution in [0.25, 0.3) is 0 Å². The van der Waals surface area contributed by atoms with Gasteiger partial charge >= 0.3 is 0 Å². The van der Waals surface area contributed by atoms with Crippen molar-refractivity contribution in [3.05, 3.63) is 81.3 Å². The minimum Gasteiger partial charge on any atom is -0.492 e. The minimum absolute atomic E-state index is 0.00429. The molecule has 0 aliphatic heterocycles. The summed E-state index contributed by atoms with van der Waals surface area (Å²) in [7, 11) is 0. The number of rotatable bonds is 9. The van der Waals surface area contributed by atoms with Crippen LogP contribution < -0.4 is 10.1 Å². The van der Waals surface area contributed by atoms with Gasteiger partial charge in [0, 0.05) is 18.2 Å². The Hall–Kier alpha value is -2.37. The highest BCUT2D eigenvalue weighted by Gasteiger charge is 2.06. The Labute approximate surface area is 168 Å². The topological polar surface area (TPSA) is 51.2 Å². The van der Waals surface area contributed by atoms with E-state index in [0.29, 0.717) is 36.8 Å². The van der Waals surface area contributed by atoms with Crippen LogP contribution in [0.15, 0.2) is 60.0 Å². The number of aromatic nitrogens is 1.